The summed E-state index contributed by atoms with van der Waals surface area (Å²) in [4.78, 5) is 42.6. The number of nitrogens with zero attached hydrogens (tertiary/aromatic N) is 2. The van der Waals surface area contributed by atoms with Gasteiger partial charge >= 0.3 is 0 Å². The lowest BCUT2D eigenvalue weighted by atomic mass is 10.1. The maximum atomic E-state index is 13.1. The summed E-state index contributed by atoms with van der Waals surface area (Å²) in [6.45, 7) is 4.34. The van der Waals surface area contributed by atoms with Crippen LogP contribution in [0, 0.1) is 0 Å². The topological polar surface area (TPSA) is 90.3 Å². The Balaban J connectivity index is 1.71. The van der Waals surface area contributed by atoms with Gasteiger partial charge in [0.15, 0.2) is 10.9 Å². The molecule has 0 saturated heterocycles. The van der Waals surface area contributed by atoms with Crippen molar-refractivity contribution in [2.45, 2.75) is 50.7 Å². The normalized spacial score (nSPS) is 12.0. The van der Waals surface area contributed by atoms with Gasteiger partial charge in [-0.15, -0.1) is 0 Å². The van der Waals surface area contributed by atoms with Crippen molar-refractivity contribution in [3.63, 3.8) is 0 Å². The van der Waals surface area contributed by atoms with E-state index in [9.17, 15) is 14.4 Å². The smallest absolute Gasteiger partial charge is 0.262 e. The Morgan fingerprint density at radius 2 is 1.85 bits per heavy atom. The van der Waals surface area contributed by atoms with Crippen LogP contribution in [0.5, 0.6) is 0 Å². The number of nitrogens with one attached hydrogen (secondary N) is 1. The molecule has 34 heavy (non-hydrogen) atoms. The molecule has 0 aliphatic heterocycles. The van der Waals surface area contributed by atoms with Crippen LogP contribution in [0.1, 0.15) is 55.9 Å². The van der Waals surface area contributed by atoms with Gasteiger partial charge in [-0.25, -0.2) is 4.98 Å². The molecule has 3 rings (SSSR count). The van der Waals surface area contributed by atoms with Crippen LogP contribution < -0.4 is 10.9 Å². The number of rotatable bonds is 12. The summed E-state index contributed by atoms with van der Waals surface area (Å²) >= 11 is 1.24. The number of carbonyl (C=O) groups is 2. The molecule has 8 heteroatoms. The van der Waals surface area contributed by atoms with Crippen LogP contribution in [0.25, 0.3) is 10.9 Å². The molecule has 0 aliphatic rings. The van der Waals surface area contributed by atoms with Gasteiger partial charge in [0, 0.05) is 24.8 Å². The fraction of sp³-hybridized carbons (Fsp3) is 0.385. The number of anilines is 1. The van der Waals surface area contributed by atoms with Crippen molar-refractivity contribution in [1.29, 1.82) is 0 Å². The molecule has 1 unspecified atom stereocenters. The summed E-state index contributed by atoms with van der Waals surface area (Å²) < 4.78 is 6.85. The Bertz CT molecular complexity index is 1190. The maximum Gasteiger partial charge on any atom is 0.262 e. The monoisotopic (exact) mass is 481 g/mol. The summed E-state index contributed by atoms with van der Waals surface area (Å²) in [6.07, 6.45) is 3.46. The first-order valence-corrected chi connectivity index (χ1v) is 12.5. The molecule has 0 saturated carbocycles. The third-order valence-corrected chi connectivity index (χ3v) is 6.41. The van der Waals surface area contributed by atoms with Crippen molar-refractivity contribution in [3.05, 3.63) is 64.4 Å². The van der Waals surface area contributed by atoms with Gasteiger partial charge in [0.2, 0.25) is 5.91 Å². The zero-order valence-corrected chi connectivity index (χ0v) is 20.7. The number of unbranched alkanes of at least 4 members (excludes halogenated alkanes) is 2. The first-order chi connectivity index (χ1) is 16.4. The van der Waals surface area contributed by atoms with E-state index in [1.165, 1.54) is 11.8 Å². The molecule has 0 spiro atoms. The van der Waals surface area contributed by atoms with Crippen LogP contribution in [-0.4, -0.2) is 40.7 Å². The molecule has 0 fully saturated rings. The molecule has 1 N–H and O–H groups in total. The fourth-order valence-corrected chi connectivity index (χ4v) is 4.64. The number of methoxy groups -OCH3 is 1. The molecule has 2 aromatic carbocycles. The molecule has 3 aromatic rings. The minimum atomic E-state index is -0.229. The molecule has 1 heterocycles. The first kappa shape index (κ1) is 25.6. The summed E-state index contributed by atoms with van der Waals surface area (Å²) in [5, 5.41) is 3.88. The highest BCUT2D eigenvalue weighted by molar-refractivity contribution is 7.99. The van der Waals surface area contributed by atoms with E-state index in [-0.39, 0.29) is 29.0 Å². The van der Waals surface area contributed by atoms with Gasteiger partial charge in [0.1, 0.15) is 0 Å². The van der Waals surface area contributed by atoms with E-state index >= 15 is 0 Å². The standard InChI is InChI=1S/C26H31N3O4S/c1-4-5-6-11-24(31)27-20-14-12-19(13-15-20)23(30)17-34-26-28-22-10-8-7-9-21(22)25(32)29(26)18(2)16-33-3/h7-10,12-15,18H,4-6,11,16-17H2,1-3H3,(H,27,31). The van der Waals surface area contributed by atoms with Crippen molar-refractivity contribution in [2.24, 2.45) is 0 Å². The van der Waals surface area contributed by atoms with E-state index < -0.39 is 0 Å². The van der Waals surface area contributed by atoms with Crippen LogP contribution in [0.4, 0.5) is 5.69 Å². The van der Waals surface area contributed by atoms with Gasteiger partial charge in [-0.1, -0.05) is 43.7 Å². The Kier molecular flexibility index (Phi) is 9.42. The van der Waals surface area contributed by atoms with Crippen LogP contribution >= 0.6 is 11.8 Å². The highest BCUT2D eigenvalue weighted by Crippen LogP contribution is 2.23. The largest absolute Gasteiger partial charge is 0.383 e. The second kappa shape index (κ2) is 12.5. The molecular formula is C26H31N3O4S. The number of thioether (sulfide) groups is 1. The summed E-state index contributed by atoms with van der Waals surface area (Å²) in [5.41, 5.74) is 1.66. The third-order valence-electron chi connectivity index (χ3n) is 5.45. The minimum Gasteiger partial charge on any atom is -0.383 e. The average Bonchev–Trinajstić information content (AvgIpc) is 2.83. The second-order valence-electron chi connectivity index (χ2n) is 8.19. The number of hydrogen-bond acceptors (Lipinski definition) is 6. The number of hydrogen-bond donors (Lipinski definition) is 1. The van der Waals surface area contributed by atoms with Gasteiger partial charge in [-0.3, -0.25) is 19.0 Å². The van der Waals surface area contributed by atoms with Gasteiger partial charge in [0.05, 0.1) is 29.3 Å². The summed E-state index contributed by atoms with van der Waals surface area (Å²) in [7, 11) is 1.59. The van der Waals surface area contributed by atoms with Crippen LogP contribution in [0.2, 0.25) is 0 Å². The predicted molar refractivity (Wildman–Crippen MR) is 137 cm³/mol. The van der Waals surface area contributed by atoms with Crippen LogP contribution in [-0.2, 0) is 9.53 Å². The van der Waals surface area contributed by atoms with Crippen molar-refractivity contribution < 1.29 is 14.3 Å². The lowest BCUT2D eigenvalue weighted by molar-refractivity contribution is -0.116. The number of ether oxygens (including phenoxy) is 1. The Morgan fingerprint density at radius 3 is 2.56 bits per heavy atom. The van der Waals surface area contributed by atoms with Gasteiger partial charge in [-0.2, -0.15) is 0 Å². The van der Waals surface area contributed by atoms with E-state index in [0.717, 1.165) is 19.3 Å². The molecular weight excluding hydrogens is 450 g/mol. The number of carbonyl (C=O) groups excluding carboxylic acids is 2. The Labute approximate surface area is 203 Å². The van der Waals surface area contributed by atoms with E-state index in [0.29, 0.717) is 40.3 Å². The molecule has 0 radical (unpaired) electrons. The van der Waals surface area contributed by atoms with Gasteiger partial charge in [0.25, 0.3) is 5.56 Å². The van der Waals surface area contributed by atoms with Gasteiger partial charge < -0.3 is 10.1 Å². The van der Waals surface area contributed by atoms with Crippen molar-refractivity contribution >= 4 is 40.0 Å². The molecule has 0 bridgehead atoms. The molecule has 1 aromatic heterocycles. The average molecular weight is 482 g/mol. The first-order valence-electron chi connectivity index (χ1n) is 11.5. The highest BCUT2D eigenvalue weighted by Gasteiger charge is 2.18. The highest BCUT2D eigenvalue weighted by atomic mass is 32.2. The summed E-state index contributed by atoms with van der Waals surface area (Å²) in [6, 6.07) is 13.9. The zero-order chi connectivity index (χ0) is 24.5. The number of fused-ring (bicyclic) bond motifs is 1. The molecule has 180 valence electrons. The predicted octanol–water partition coefficient (Wildman–Crippen LogP) is 5.10. The van der Waals surface area contributed by atoms with E-state index in [1.54, 1.807) is 48.1 Å². The number of benzene rings is 2. The van der Waals surface area contributed by atoms with E-state index in [4.69, 9.17) is 4.74 Å². The SMILES string of the molecule is CCCCCC(=O)Nc1ccc(C(=O)CSc2nc3ccccc3c(=O)n2C(C)COC)cc1. The number of para-hydroxylation sites is 1. The lowest BCUT2D eigenvalue weighted by Gasteiger charge is -2.18. The number of aromatic nitrogens is 2. The minimum absolute atomic E-state index is 0.0198. The zero-order valence-electron chi connectivity index (χ0n) is 19.9. The molecule has 0 aliphatic carbocycles. The van der Waals surface area contributed by atoms with Crippen LogP contribution in [0.15, 0.2) is 58.5 Å². The Hall–Kier alpha value is -2.97. The van der Waals surface area contributed by atoms with E-state index in [1.807, 2.05) is 19.1 Å². The van der Waals surface area contributed by atoms with Crippen molar-refractivity contribution in [2.75, 3.05) is 24.8 Å². The fourth-order valence-electron chi connectivity index (χ4n) is 3.64. The molecule has 1 amide bonds. The van der Waals surface area contributed by atoms with Crippen molar-refractivity contribution in [3.8, 4) is 0 Å². The molecule has 1 atom stereocenters. The summed E-state index contributed by atoms with van der Waals surface area (Å²) in [5.74, 6) is 0.0282. The number of ketones is 1. The van der Waals surface area contributed by atoms with Crippen molar-refractivity contribution in [1.82, 2.24) is 9.55 Å². The maximum absolute atomic E-state index is 13.1. The third kappa shape index (κ3) is 6.55. The van der Waals surface area contributed by atoms with E-state index in [2.05, 4.69) is 17.2 Å². The van der Waals surface area contributed by atoms with Gasteiger partial charge in [-0.05, 0) is 49.7 Å². The number of Topliss-reactive ketones (excluding diaryl/α,β-unsaturated/α-hetero) is 1. The van der Waals surface area contributed by atoms with Crippen LogP contribution in [0.3, 0.4) is 0 Å². The molecule has 7 nitrogen and oxygen atoms in total. The lowest BCUT2D eigenvalue weighted by Crippen LogP contribution is -2.28. The quantitative estimate of drug-likeness (QED) is 0.168. The number of amides is 1. The second-order valence-corrected chi connectivity index (χ2v) is 9.13. The Morgan fingerprint density at radius 1 is 1.12 bits per heavy atom.